The van der Waals surface area contributed by atoms with Crippen LogP contribution in [0.25, 0.3) is 0 Å². The number of nitrogens with zero attached hydrogens (tertiary/aromatic N) is 3. The van der Waals surface area contributed by atoms with Gasteiger partial charge in [0.15, 0.2) is 0 Å². The average Bonchev–Trinajstić information content (AvgIpc) is 2.79. The molecule has 7 heteroatoms. The molecule has 0 unspecified atom stereocenters. The van der Waals surface area contributed by atoms with Crippen LogP contribution in [0.4, 0.5) is 8.78 Å². The second kappa shape index (κ2) is 5.54. The number of halogens is 2. The summed E-state index contributed by atoms with van der Waals surface area (Å²) in [6.45, 7) is -2.26. The highest BCUT2D eigenvalue weighted by molar-refractivity contribution is 5.33. The molecule has 96 valence electrons. The van der Waals surface area contributed by atoms with Crippen LogP contribution in [0.15, 0.2) is 30.5 Å². The van der Waals surface area contributed by atoms with E-state index in [1.807, 2.05) is 0 Å². The molecule has 0 aliphatic rings. The predicted octanol–water partition coefficient (Wildman–Crippen LogP) is 1.39. The number of nitrogens with two attached hydrogens (primary N) is 1. The lowest BCUT2D eigenvalue weighted by molar-refractivity contribution is -0.0505. The molecule has 2 aromatic rings. The molecule has 0 aliphatic heterocycles. The van der Waals surface area contributed by atoms with Gasteiger partial charge in [0.25, 0.3) is 0 Å². The number of ether oxygens (including phenoxy) is 1. The molecule has 0 saturated heterocycles. The average molecular weight is 254 g/mol. The van der Waals surface area contributed by atoms with Gasteiger partial charge in [0.2, 0.25) is 0 Å². The second-order valence-corrected chi connectivity index (χ2v) is 3.60. The summed E-state index contributed by atoms with van der Waals surface area (Å²) in [5.41, 5.74) is 6.66. The third kappa shape index (κ3) is 3.01. The summed E-state index contributed by atoms with van der Waals surface area (Å²) in [5, 5.41) is 7.67. The molecule has 0 bridgehead atoms. The van der Waals surface area contributed by atoms with Gasteiger partial charge in [0.1, 0.15) is 5.75 Å². The van der Waals surface area contributed by atoms with Crippen LogP contribution < -0.4 is 10.5 Å². The lowest BCUT2D eigenvalue weighted by Gasteiger charge is -2.09. The predicted molar refractivity (Wildman–Crippen MR) is 60.1 cm³/mol. The van der Waals surface area contributed by atoms with Crippen LogP contribution in [0.3, 0.4) is 0 Å². The first kappa shape index (κ1) is 12.4. The van der Waals surface area contributed by atoms with Crippen molar-refractivity contribution in [3.8, 4) is 5.75 Å². The Morgan fingerprint density at radius 1 is 1.33 bits per heavy atom. The van der Waals surface area contributed by atoms with E-state index in [9.17, 15) is 8.78 Å². The SMILES string of the molecule is NCc1cn(Cc2ccccc2OC(F)F)nn1. The maximum absolute atomic E-state index is 12.2. The molecule has 0 amide bonds. The number of hydrogen-bond donors (Lipinski definition) is 1. The van der Waals surface area contributed by atoms with Crippen LogP contribution in [0.5, 0.6) is 5.75 Å². The highest BCUT2D eigenvalue weighted by atomic mass is 19.3. The standard InChI is InChI=1S/C11H12F2N4O/c12-11(13)18-10-4-2-1-3-8(10)6-17-7-9(5-14)15-16-17/h1-4,7,11H,5-6,14H2. The number of rotatable bonds is 5. The van der Waals surface area contributed by atoms with Gasteiger partial charge in [-0.25, -0.2) is 4.68 Å². The first-order valence-electron chi connectivity index (χ1n) is 5.31. The number of para-hydroxylation sites is 1. The zero-order valence-electron chi connectivity index (χ0n) is 9.46. The minimum Gasteiger partial charge on any atom is -0.434 e. The molecule has 0 radical (unpaired) electrons. The molecule has 0 saturated carbocycles. The monoisotopic (exact) mass is 254 g/mol. The molecule has 1 aromatic carbocycles. The first-order valence-corrected chi connectivity index (χ1v) is 5.31. The third-order valence-corrected chi connectivity index (χ3v) is 2.32. The molecule has 1 aromatic heterocycles. The van der Waals surface area contributed by atoms with Crippen molar-refractivity contribution in [1.29, 1.82) is 0 Å². The molecule has 0 aliphatic carbocycles. The normalized spacial score (nSPS) is 10.9. The molecular formula is C11H12F2N4O. The fourth-order valence-electron chi connectivity index (χ4n) is 1.53. The molecular weight excluding hydrogens is 242 g/mol. The van der Waals surface area contributed by atoms with Crippen LogP contribution in [0.2, 0.25) is 0 Å². The van der Waals surface area contributed by atoms with E-state index in [1.165, 1.54) is 10.7 Å². The van der Waals surface area contributed by atoms with Crippen LogP contribution in [0.1, 0.15) is 11.3 Å². The van der Waals surface area contributed by atoms with Gasteiger partial charge in [-0.05, 0) is 6.07 Å². The van der Waals surface area contributed by atoms with E-state index in [-0.39, 0.29) is 12.3 Å². The first-order chi connectivity index (χ1) is 8.69. The Morgan fingerprint density at radius 3 is 2.78 bits per heavy atom. The van der Waals surface area contributed by atoms with Gasteiger partial charge in [-0.15, -0.1) is 5.10 Å². The fraction of sp³-hybridized carbons (Fsp3) is 0.273. The van der Waals surface area contributed by atoms with E-state index >= 15 is 0 Å². The van der Waals surface area contributed by atoms with Crippen LogP contribution in [-0.4, -0.2) is 21.6 Å². The van der Waals surface area contributed by atoms with Gasteiger partial charge in [-0.3, -0.25) is 0 Å². The van der Waals surface area contributed by atoms with Crippen LogP contribution in [-0.2, 0) is 13.1 Å². The quantitative estimate of drug-likeness (QED) is 0.875. The summed E-state index contributed by atoms with van der Waals surface area (Å²) in [7, 11) is 0. The minimum absolute atomic E-state index is 0.136. The van der Waals surface area contributed by atoms with Crippen molar-refractivity contribution in [2.24, 2.45) is 5.73 Å². The molecule has 2 N–H and O–H groups in total. The molecule has 0 fully saturated rings. The maximum atomic E-state index is 12.2. The van der Waals surface area contributed by atoms with Crippen molar-refractivity contribution in [3.63, 3.8) is 0 Å². The number of aromatic nitrogens is 3. The van der Waals surface area contributed by atoms with E-state index in [1.54, 1.807) is 24.4 Å². The zero-order valence-corrected chi connectivity index (χ0v) is 9.46. The van der Waals surface area contributed by atoms with Gasteiger partial charge in [0.05, 0.1) is 18.4 Å². The third-order valence-electron chi connectivity index (χ3n) is 2.32. The summed E-state index contributed by atoms with van der Waals surface area (Å²) in [6.07, 6.45) is 1.67. The summed E-state index contributed by atoms with van der Waals surface area (Å²) in [4.78, 5) is 0. The zero-order chi connectivity index (χ0) is 13.0. The summed E-state index contributed by atoms with van der Waals surface area (Å²) >= 11 is 0. The summed E-state index contributed by atoms with van der Waals surface area (Å²) in [5.74, 6) is 0.136. The topological polar surface area (TPSA) is 66.0 Å². The highest BCUT2D eigenvalue weighted by Gasteiger charge is 2.10. The van der Waals surface area contributed by atoms with Crippen LogP contribution in [0, 0.1) is 0 Å². The fourth-order valence-corrected chi connectivity index (χ4v) is 1.53. The maximum Gasteiger partial charge on any atom is 0.387 e. The van der Waals surface area contributed by atoms with E-state index in [2.05, 4.69) is 15.0 Å². The van der Waals surface area contributed by atoms with Gasteiger partial charge < -0.3 is 10.5 Å². The van der Waals surface area contributed by atoms with Crippen molar-refractivity contribution in [3.05, 3.63) is 41.7 Å². The number of hydrogen-bond acceptors (Lipinski definition) is 4. The van der Waals surface area contributed by atoms with Gasteiger partial charge in [-0.1, -0.05) is 23.4 Å². The van der Waals surface area contributed by atoms with Crippen LogP contribution >= 0.6 is 0 Å². The Bertz CT molecular complexity index is 515. The number of benzene rings is 1. The van der Waals surface area contributed by atoms with Gasteiger partial charge in [0, 0.05) is 12.1 Å². The Kier molecular flexibility index (Phi) is 3.83. The molecule has 1 heterocycles. The number of alkyl halides is 2. The lowest BCUT2D eigenvalue weighted by atomic mass is 10.2. The van der Waals surface area contributed by atoms with Gasteiger partial charge in [-0.2, -0.15) is 8.78 Å². The molecule has 5 nitrogen and oxygen atoms in total. The summed E-state index contributed by atoms with van der Waals surface area (Å²) in [6, 6.07) is 6.56. The van der Waals surface area contributed by atoms with Gasteiger partial charge >= 0.3 is 6.61 Å². The van der Waals surface area contributed by atoms with Crippen molar-refractivity contribution in [2.75, 3.05) is 0 Å². The lowest BCUT2D eigenvalue weighted by Crippen LogP contribution is -2.07. The van der Waals surface area contributed by atoms with E-state index in [0.717, 1.165) is 0 Å². The van der Waals surface area contributed by atoms with Crippen molar-refractivity contribution in [1.82, 2.24) is 15.0 Å². The Labute approximate surface area is 102 Å². The van der Waals surface area contributed by atoms with E-state index in [0.29, 0.717) is 17.8 Å². The highest BCUT2D eigenvalue weighted by Crippen LogP contribution is 2.20. The second-order valence-electron chi connectivity index (χ2n) is 3.60. The Balaban J connectivity index is 2.17. The van der Waals surface area contributed by atoms with Crippen molar-refractivity contribution >= 4 is 0 Å². The van der Waals surface area contributed by atoms with E-state index < -0.39 is 6.61 Å². The molecule has 18 heavy (non-hydrogen) atoms. The Morgan fingerprint density at radius 2 is 2.11 bits per heavy atom. The van der Waals surface area contributed by atoms with Crippen molar-refractivity contribution in [2.45, 2.75) is 19.7 Å². The largest absolute Gasteiger partial charge is 0.434 e. The van der Waals surface area contributed by atoms with E-state index in [4.69, 9.17) is 5.73 Å². The smallest absolute Gasteiger partial charge is 0.387 e. The van der Waals surface area contributed by atoms with Crippen molar-refractivity contribution < 1.29 is 13.5 Å². The minimum atomic E-state index is -2.85. The molecule has 0 spiro atoms. The Hall–Kier alpha value is -2.02. The molecule has 2 rings (SSSR count). The molecule has 0 atom stereocenters. The summed E-state index contributed by atoms with van der Waals surface area (Å²) < 4.78 is 30.4.